The SMILES string of the molecule is CC/C=C\C/C=C\C/C=C\C/C=C\C/C=C\C/C=C\CCC(=O)OCC(COP(=O)(O)OCC(O)COP(=O)(O)OCC(COC(=O)CCCCC/C=C\C/C=C\C/C=C\C/C=C\C/C=C\CC)OC(=O)CCCC/C=C\C/C=C\C/C=C\C/C=C\CC)OC(=O)CCCCCCCCCCCCC. The molecular formula is C85H136O17P2. The van der Waals surface area contributed by atoms with Crippen LogP contribution in [0.5, 0.6) is 0 Å². The molecule has 0 heterocycles. The van der Waals surface area contributed by atoms with E-state index in [9.17, 15) is 43.2 Å². The monoisotopic (exact) mass is 1490 g/mol. The molecule has 0 aromatic heterocycles. The number of hydrogen-bond acceptors (Lipinski definition) is 15. The summed E-state index contributed by atoms with van der Waals surface area (Å²) in [6, 6.07) is 0. The number of phosphoric ester groups is 2. The number of rotatable bonds is 71. The van der Waals surface area contributed by atoms with Gasteiger partial charge in [-0.1, -0.05) is 281 Å². The summed E-state index contributed by atoms with van der Waals surface area (Å²) in [5.41, 5.74) is 0. The van der Waals surface area contributed by atoms with Crippen LogP contribution in [0.15, 0.2) is 182 Å². The summed E-state index contributed by atoms with van der Waals surface area (Å²) < 4.78 is 68.4. The number of ether oxygens (including phenoxy) is 4. The van der Waals surface area contributed by atoms with E-state index in [2.05, 4.69) is 192 Å². The molecule has 0 aromatic carbocycles. The number of carbonyl (C=O) groups is 4. The maximum atomic E-state index is 13.1. The minimum atomic E-state index is -5.01. The second kappa shape index (κ2) is 75.4. The summed E-state index contributed by atoms with van der Waals surface area (Å²) in [7, 11) is -10.0. The van der Waals surface area contributed by atoms with E-state index in [0.717, 1.165) is 141 Å². The van der Waals surface area contributed by atoms with Crippen molar-refractivity contribution in [1.29, 1.82) is 0 Å². The van der Waals surface area contributed by atoms with Crippen molar-refractivity contribution in [3.05, 3.63) is 182 Å². The summed E-state index contributed by atoms with van der Waals surface area (Å²) in [5, 5.41) is 10.6. The lowest BCUT2D eigenvalue weighted by Crippen LogP contribution is -2.30. The maximum Gasteiger partial charge on any atom is 0.472 e. The molecule has 19 heteroatoms. The van der Waals surface area contributed by atoms with Gasteiger partial charge in [-0.2, -0.15) is 0 Å². The first kappa shape index (κ1) is 98.2. The highest BCUT2D eigenvalue weighted by molar-refractivity contribution is 7.47. The van der Waals surface area contributed by atoms with Crippen LogP contribution in [0.25, 0.3) is 0 Å². The van der Waals surface area contributed by atoms with Crippen LogP contribution in [0.1, 0.15) is 272 Å². The van der Waals surface area contributed by atoms with Crippen LogP contribution in [-0.2, 0) is 65.4 Å². The zero-order valence-electron chi connectivity index (χ0n) is 64.1. The molecule has 0 aliphatic heterocycles. The van der Waals surface area contributed by atoms with Crippen molar-refractivity contribution < 1.29 is 80.2 Å². The third kappa shape index (κ3) is 74.4. The third-order valence-corrected chi connectivity index (χ3v) is 17.3. The fourth-order valence-corrected chi connectivity index (χ4v) is 11.1. The highest BCUT2D eigenvalue weighted by Gasteiger charge is 2.30. The number of unbranched alkanes of at least 4 members (excludes halogenated alkanes) is 15. The Morgan fingerprint density at radius 2 is 0.519 bits per heavy atom. The van der Waals surface area contributed by atoms with E-state index < -0.39 is 97.5 Å². The lowest BCUT2D eigenvalue weighted by molar-refractivity contribution is -0.161. The fraction of sp³-hybridized carbons (Fsp3) is 0.600. The van der Waals surface area contributed by atoms with E-state index in [1.807, 2.05) is 18.2 Å². The highest BCUT2D eigenvalue weighted by atomic mass is 31.2. The van der Waals surface area contributed by atoms with Crippen molar-refractivity contribution >= 4 is 39.5 Å². The van der Waals surface area contributed by atoms with Gasteiger partial charge in [-0.3, -0.25) is 37.3 Å². The number of aliphatic hydroxyl groups excluding tert-OH is 1. The number of phosphoric acid groups is 2. The van der Waals surface area contributed by atoms with E-state index in [-0.39, 0.29) is 25.7 Å². The van der Waals surface area contributed by atoms with Crippen molar-refractivity contribution in [3.63, 3.8) is 0 Å². The molecule has 0 aromatic rings. The lowest BCUT2D eigenvalue weighted by atomic mass is 10.1. The fourth-order valence-electron chi connectivity index (χ4n) is 9.56. The molecule has 0 amide bonds. The Labute approximate surface area is 628 Å². The second-order valence-electron chi connectivity index (χ2n) is 25.2. The second-order valence-corrected chi connectivity index (χ2v) is 28.1. The largest absolute Gasteiger partial charge is 0.472 e. The van der Waals surface area contributed by atoms with Crippen molar-refractivity contribution in [3.8, 4) is 0 Å². The Morgan fingerprint density at radius 3 is 0.846 bits per heavy atom. The van der Waals surface area contributed by atoms with Gasteiger partial charge in [-0.05, 0) is 148 Å². The lowest BCUT2D eigenvalue weighted by Gasteiger charge is -2.21. The summed E-state index contributed by atoms with van der Waals surface area (Å²) in [5.74, 6) is -2.37. The smallest absolute Gasteiger partial charge is 0.462 e. The summed E-state index contributed by atoms with van der Waals surface area (Å²) in [4.78, 5) is 72.9. The Balaban J connectivity index is 5.46. The van der Waals surface area contributed by atoms with Crippen molar-refractivity contribution in [2.45, 2.75) is 290 Å². The van der Waals surface area contributed by atoms with Gasteiger partial charge in [0.2, 0.25) is 0 Å². The van der Waals surface area contributed by atoms with Crippen LogP contribution in [0.3, 0.4) is 0 Å². The van der Waals surface area contributed by atoms with Crippen molar-refractivity contribution in [1.82, 2.24) is 0 Å². The minimum absolute atomic E-state index is 0.0266. The molecule has 0 spiro atoms. The number of allylic oxidation sites excluding steroid dienone is 30. The van der Waals surface area contributed by atoms with E-state index in [1.165, 1.54) is 38.5 Å². The zero-order chi connectivity index (χ0) is 76.0. The number of carbonyl (C=O) groups excluding carboxylic acids is 4. The predicted molar refractivity (Wildman–Crippen MR) is 426 cm³/mol. The van der Waals surface area contributed by atoms with Gasteiger partial charge in [0, 0.05) is 25.7 Å². The van der Waals surface area contributed by atoms with Gasteiger partial charge in [0.15, 0.2) is 12.2 Å². The molecule has 588 valence electrons. The van der Waals surface area contributed by atoms with Gasteiger partial charge in [0.25, 0.3) is 0 Å². The topological polar surface area (TPSA) is 237 Å². The van der Waals surface area contributed by atoms with Gasteiger partial charge >= 0.3 is 39.5 Å². The van der Waals surface area contributed by atoms with Crippen LogP contribution in [0.4, 0.5) is 0 Å². The number of esters is 4. The molecule has 0 saturated heterocycles. The molecule has 17 nitrogen and oxygen atoms in total. The quantitative estimate of drug-likeness (QED) is 0.0169. The third-order valence-electron chi connectivity index (χ3n) is 15.4. The Hall–Kier alpha value is -5.84. The van der Waals surface area contributed by atoms with Crippen LogP contribution < -0.4 is 0 Å². The molecule has 5 unspecified atom stereocenters. The van der Waals surface area contributed by atoms with Crippen molar-refractivity contribution in [2.24, 2.45) is 0 Å². The Morgan fingerprint density at radius 1 is 0.279 bits per heavy atom. The average Bonchev–Trinajstić information content (AvgIpc) is 0.931. The maximum absolute atomic E-state index is 13.1. The molecule has 0 saturated carbocycles. The van der Waals surface area contributed by atoms with Gasteiger partial charge < -0.3 is 33.8 Å². The molecule has 0 rings (SSSR count). The standard InChI is InChI=1S/C85H136O17P2/c1-5-9-13-17-21-25-29-32-35-37-39-41-44-46-50-53-57-61-65-69-82(87)95-75-80(101-84(89)71-67-63-59-55-49-28-24-20-16-12-8-4)77-99-103(91,92)97-73-79(86)74-98-104(93,94)100-78-81(102-85(90)72-68-64-60-56-52-48-43-34-31-27-23-19-15-11-7-3)76-96-83(88)70-66-62-58-54-51-47-45-42-40-38-36-33-30-26-22-18-14-10-6-2/h9-11,13-15,21-23,25-27,32-36,39-43,46-47,50-52,56-57,61,79-81,86H,5-8,12,16-20,24,28-31,37-38,44-45,48-49,53-55,58-60,62-78H2,1-4H3,(H,91,92)(H,93,94)/b13-9-,14-10-,15-11-,25-21-,26-22-,27-23-,35-32-,36-33-,41-39-,42-40-,43-34-,50-46-,51-47-,56-52-,61-57-. The molecule has 104 heavy (non-hydrogen) atoms. The molecule has 5 atom stereocenters. The summed E-state index contributed by atoms with van der Waals surface area (Å²) in [6.45, 7) is 4.32. The Bertz CT molecular complexity index is 2690. The van der Waals surface area contributed by atoms with Crippen molar-refractivity contribution in [2.75, 3.05) is 39.6 Å². The molecule has 0 fully saturated rings. The summed E-state index contributed by atoms with van der Waals surface area (Å²) >= 11 is 0. The highest BCUT2D eigenvalue weighted by Crippen LogP contribution is 2.45. The number of aliphatic hydroxyl groups is 1. The first-order valence-electron chi connectivity index (χ1n) is 39.0. The van der Waals surface area contributed by atoms with Crippen LogP contribution >= 0.6 is 15.6 Å². The predicted octanol–water partition coefficient (Wildman–Crippen LogP) is 22.8. The van der Waals surface area contributed by atoms with E-state index in [0.29, 0.717) is 38.5 Å². The summed E-state index contributed by atoms with van der Waals surface area (Å²) in [6.07, 6.45) is 90.5. The average molecular weight is 1490 g/mol. The van der Waals surface area contributed by atoms with E-state index in [4.69, 9.17) is 37.0 Å². The molecule has 0 aliphatic carbocycles. The minimum Gasteiger partial charge on any atom is -0.462 e. The Kier molecular flexibility index (Phi) is 71.2. The van der Waals surface area contributed by atoms with Gasteiger partial charge in [0.1, 0.15) is 19.3 Å². The van der Waals surface area contributed by atoms with Crippen LogP contribution in [0.2, 0.25) is 0 Å². The molecule has 0 aliphatic rings. The van der Waals surface area contributed by atoms with E-state index >= 15 is 0 Å². The number of hydrogen-bond donors (Lipinski definition) is 3. The molecule has 0 radical (unpaired) electrons. The van der Waals surface area contributed by atoms with Gasteiger partial charge in [-0.15, -0.1) is 0 Å². The normalized spacial score (nSPS) is 14.9. The zero-order valence-corrected chi connectivity index (χ0v) is 65.9. The van der Waals surface area contributed by atoms with Crippen LogP contribution in [0, 0.1) is 0 Å². The first-order chi connectivity index (χ1) is 50.7. The van der Waals surface area contributed by atoms with Crippen LogP contribution in [-0.4, -0.2) is 96.7 Å². The van der Waals surface area contributed by atoms with Gasteiger partial charge in [0.05, 0.1) is 26.4 Å². The first-order valence-corrected chi connectivity index (χ1v) is 42.0. The molecule has 0 bridgehead atoms. The molecule has 3 N–H and O–H groups in total. The van der Waals surface area contributed by atoms with Gasteiger partial charge in [-0.25, -0.2) is 9.13 Å². The van der Waals surface area contributed by atoms with E-state index in [1.54, 1.807) is 0 Å². The molecular weight excluding hydrogens is 1350 g/mol.